The van der Waals surface area contributed by atoms with E-state index in [1.807, 2.05) is 10.7 Å². The molecule has 4 rings (SSSR count). The van der Waals surface area contributed by atoms with E-state index in [4.69, 9.17) is 4.98 Å². The van der Waals surface area contributed by atoms with Crippen LogP contribution in [0.15, 0.2) is 24.9 Å². The van der Waals surface area contributed by atoms with Crippen LogP contribution in [-0.4, -0.2) is 59.3 Å². The van der Waals surface area contributed by atoms with E-state index in [1.165, 1.54) is 25.3 Å². The first-order valence-corrected chi connectivity index (χ1v) is 14.9. The van der Waals surface area contributed by atoms with Crippen LogP contribution in [0, 0.1) is 0 Å². The zero-order valence-electron chi connectivity index (χ0n) is 19.5. The van der Waals surface area contributed by atoms with Gasteiger partial charge in [0.05, 0.1) is 0 Å². The van der Waals surface area contributed by atoms with Gasteiger partial charge in [0, 0.05) is 0 Å². The first-order valence-electron chi connectivity index (χ1n) is 12.1. The van der Waals surface area contributed by atoms with Crippen molar-refractivity contribution >= 4 is 23.2 Å². The van der Waals surface area contributed by atoms with Gasteiger partial charge in [0.25, 0.3) is 0 Å². The fourth-order valence-electron chi connectivity index (χ4n) is 4.83. The van der Waals surface area contributed by atoms with Gasteiger partial charge in [0.15, 0.2) is 0 Å². The third-order valence-electron chi connectivity index (χ3n) is 6.62. The molecule has 3 N–H and O–H groups in total. The van der Waals surface area contributed by atoms with Crippen LogP contribution in [0.3, 0.4) is 0 Å². The third-order valence-corrected chi connectivity index (χ3v) is 10.0. The molecule has 9 heteroatoms. The van der Waals surface area contributed by atoms with Gasteiger partial charge >= 0.3 is 189 Å². The van der Waals surface area contributed by atoms with E-state index in [1.54, 1.807) is 0 Å². The molecule has 0 radical (unpaired) electrons. The van der Waals surface area contributed by atoms with Crippen LogP contribution in [-0.2, 0) is 11.2 Å². The summed E-state index contributed by atoms with van der Waals surface area (Å²) in [4.78, 5) is 19.2. The molecule has 2 fully saturated rings. The summed E-state index contributed by atoms with van der Waals surface area (Å²) in [6, 6.07) is 2.74. The fourth-order valence-corrected chi connectivity index (χ4v) is 7.75. The molecule has 2 aliphatic rings. The monoisotopic (exact) mass is 567 g/mol. The van der Waals surface area contributed by atoms with E-state index in [-0.39, 0.29) is 39.8 Å². The first kappa shape index (κ1) is 24.3. The number of anilines is 2. The number of carbonyl (C=O) groups excluding carboxylic acids is 1. The molecule has 1 amide bonds. The predicted molar refractivity (Wildman–Crippen MR) is 127 cm³/mol. The van der Waals surface area contributed by atoms with Crippen molar-refractivity contribution in [1.29, 1.82) is 0 Å². The molecular formula is C24H36IN6O2-. The van der Waals surface area contributed by atoms with Gasteiger partial charge in [-0.2, -0.15) is 0 Å². The summed E-state index contributed by atoms with van der Waals surface area (Å²) >= 11 is -0.0967. The average molecular weight is 567 g/mol. The van der Waals surface area contributed by atoms with Crippen LogP contribution in [0.1, 0.15) is 57.4 Å². The van der Waals surface area contributed by atoms with Crippen molar-refractivity contribution in [3.8, 4) is 0 Å². The number of alkyl halides is 2. The summed E-state index contributed by atoms with van der Waals surface area (Å²) in [5, 5.41) is 20.8. The van der Waals surface area contributed by atoms with Crippen molar-refractivity contribution in [3.63, 3.8) is 0 Å². The van der Waals surface area contributed by atoms with Gasteiger partial charge in [-0.15, -0.1) is 0 Å². The normalized spacial score (nSPS) is 23.6. The molecule has 0 spiro atoms. The van der Waals surface area contributed by atoms with E-state index in [2.05, 4.69) is 40.2 Å². The second kappa shape index (κ2) is 11.5. The molecule has 2 aromatic rings. The Balaban J connectivity index is 1.56. The van der Waals surface area contributed by atoms with Crippen LogP contribution in [0.4, 0.5) is 11.6 Å². The number of carbonyl (C=O) groups is 1. The van der Waals surface area contributed by atoms with Crippen molar-refractivity contribution in [2.24, 2.45) is 0 Å². The standard InChI is InChI=1S/C24H36IN6O2/c1-3-17-16-26-31-22(27-18-8-10-19(11-9-18)28-23(33)4-2)15-21(29-24(17)31)30-13-6-5-7-20(30)25-12-14-32/h4,15-16,18-20,27,32H,2-3,5-14H2,1H3,(H,28,33)/q-1. The summed E-state index contributed by atoms with van der Waals surface area (Å²) in [7, 11) is 0. The Morgan fingerprint density at radius 1 is 1.27 bits per heavy atom. The van der Waals surface area contributed by atoms with Crippen LogP contribution in [0.2, 0.25) is 0 Å². The molecule has 1 atom stereocenters. The van der Waals surface area contributed by atoms with Gasteiger partial charge < -0.3 is 0 Å². The Hall–Kier alpha value is -1.88. The predicted octanol–water partition coefficient (Wildman–Crippen LogP) is -0.285. The van der Waals surface area contributed by atoms with Crippen LogP contribution in [0.5, 0.6) is 0 Å². The van der Waals surface area contributed by atoms with Gasteiger partial charge in [0.2, 0.25) is 0 Å². The van der Waals surface area contributed by atoms with Gasteiger partial charge in [-0.25, -0.2) is 0 Å². The van der Waals surface area contributed by atoms with Crippen molar-refractivity contribution in [2.45, 2.75) is 74.4 Å². The topological polar surface area (TPSA) is 94.8 Å². The maximum atomic E-state index is 11.6. The molecule has 1 saturated heterocycles. The molecule has 3 heterocycles. The van der Waals surface area contributed by atoms with E-state index in [0.29, 0.717) is 10.1 Å². The number of hydrogen-bond donors (Lipinski definition) is 3. The van der Waals surface area contributed by atoms with Crippen LogP contribution >= 0.6 is 0 Å². The Labute approximate surface area is 206 Å². The number of nitrogens with zero attached hydrogens (tertiary/aromatic N) is 4. The van der Waals surface area contributed by atoms with Gasteiger partial charge in [-0.1, -0.05) is 6.58 Å². The summed E-state index contributed by atoms with van der Waals surface area (Å²) in [6.45, 7) is 7.01. The number of fused-ring (bicyclic) bond motifs is 1. The van der Waals surface area contributed by atoms with Crippen LogP contribution in [0.25, 0.3) is 5.65 Å². The quantitative estimate of drug-likeness (QED) is 0.167. The van der Waals surface area contributed by atoms with Crippen molar-refractivity contribution in [1.82, 2.24) is 19.9 Å². The number of nitrogens with one attached hydrogen (secondary N) is 2. The molecule has 0 bridgehead atoms. The Morgan fingerprint density at radius 2 is 2.06 bits per heavy atom. The number of aliphatic hydroxyl groups is 1. The molecule has 1 unspecified atom stereocenters. The molecule has 2 aromatic heterocycles. The van der Waals surface area contributed by atoms with Crippen LogP contribution < -0.4 is 36.7 Å². The minimum absolute atomic E-state index is 0.0874. The zero-order chi connectivity index (χ0) is 23.2. The van der Waals surface area contributed by atoms with Crippen molar-refractivity contribution < 1.29 is 31.1 Å². The molecule has 1 aliphatic carbocycles. The second-order valence-electron chi connectivity index (χ2n) is 8.85. The molecule has 33 heavy (non-hydrogen) atoms. The Morgan fingerprint density at radius 3 is 2.79 bits per heavy atom. The molecule has 8 nitrogen and oxygen atoms in total. The van der Waals surface area contributed by atoms with E-state index in [0.717, 1.165) is 65.9 Å². The molecule has 182 valence electrons. The summed E-state index contributed by atoms with van der Waals surface area (Å²) in [6.07, 6.45) is 11.7. The number of aryl methyl sites for hydroxylation is 1. The second-order valence-corrected chi connectivity index (χ2v) is 12.3. The number of aliphatic hydroxyl groups excluding tert-OH is 1. The fraction of sp³-hybridized carbons (Fsp3) is 0.625. The molecule has 1 saturated carbocycles. The van der Waals surface area contributed by atoms with Gasteiger partial charge in [0.1, 0.15) is 0 Å². The average Bonchev–Trinajstić information content (AvgIpc) is 3.27. The molecule has 0 aromatic carbocycles. The zero-order valence-corrected chi connectivity index (χ0v) is 21.6. The Kier molecular flexibility index (Phi) is 8.45. The summed E-state index contributed by atoms with van der Waals surface area (Å²) < 4.78 is 3.42. The number of aromatic nitrogens is 3. The number of amides is 1. The van der Waals surface area contributed by atoms with Crippen molar-refractivity contribution in [2.75, 3.05) is 27.8 Å². The number of halogens is 1. The third kappa shape index (κ3) is 5.79. The number of rotatable bonds is 9. The van der Waals surface area contributed by atoms with Gasteiger partial charge in [-0.3, -0.25) is 4.79 Å². The summed E-state index contributed by atoms with van der Waals surface area (Å²) in [5.41, 5.74) is 2.10. The molecule has 1 aliphatic heterocycles. The van der Waals surface area contributed by atoms with Gasteiger partial charge in [-0.05, 0) is 6.08 Å². The SMILES string of the molecule is C=CC(=O)NC1CCC(Nc2cc(N3CCCCC3[I-]CCO)nc3c(CC)cnn23)CC1. The van der Waals surface area contributed by atoms with E-state index in [9.17, 15) is 9.90 Å². The van der Waals surface area contributed by atoms with E-state index < -0.39 is 0 Å². The van der Waals surface area contributed by atoms with Crippen molar-refractivity contribution in [3.05, 3.63) is 30.5 Å². The molecular weight excluding hydrogens is 531 g/mol. The number of piperidine rings is 1. The Bertz CT molecular complexity index is 956. The minimum atomic E-state index is -0.0967. The number of hydrogen-bond acceptors (Lipinski definition) is 6. The maximum absolute atomic E-state index is 11.6. The summed E-state index contributed by atoms with van der Waals surface area (Å²) in [5.74, 6) is 1.95. The first-order chi connectivity index (χ1) is 16.1. The van der Waals surface area contributed by atoms with E-state index >= 15 is 0 Å².